The van der Waals surface area contributed by atoms with E-state index in [2.05, 4.69) is 54.5 Å². The fourth-order valence-corrected chi connectivity index (χ4v) is 4.20. The van der Waals surface area contributed by atoms with Gasteiger partial charge in [-0.1, -0.05) is 18.6 Å². The fraction of sp³-hybridized carbons (Fsp3) is 0.667. The van der Waals surface area contributed by atoms with Gasteiger partial charge in [-0.25, -0.2) is 0 Å². The number of nitrogens with zero attached hydrogens (tertiary/aromatic N) is 2. The first-order chi connectivity index (χ1) is 10.2. The lowest BCUT2D eigenvalue weighted by Gasteiger charge is -2.33. The van der Waals surface area contributed by atoms with E-state index < -0.39 is 0 Å². The predicted molar refractivity (Wildman–Crippen MR) is 90.1 cm³/mol. The van der Waals surface area contributed by atoms with Crippen LogP contribution in [0.2, 0.25) is 0 Å². The van der Waals surface area contributed by atoms with Crippen LogP contribution in [-0.4, -0.2) is 45.7 Å². The third-order valence-corrected chi connectivity index (χ3v) is 5.30. The van der Waals surface area contributed by atoms with Gasteiger partial charge in [0.1, 0.15) is 0 Å². The summed E-state index contributed by atoms with van der Waals surface area (Å²) >= 11 is 0. The van der Waals surface area contributed by atoms with Crippen LogP contribution in [0, 0.1) is 5.92 Å². The molecule has 0 amide bonds. The number of benzene rings is 1. The summed E-state index contributed by atoms with van der Waals surface area (Å²) in [5, 5.41) is 3.41. The zero-order chi connectivity index (χ0) is 14.8. The normalized spacial score (nSPS) is 26.7. The summed E-state index contributed by atoms with van der Waals surface area (Å²) in [5.41, 5.74) is 4.49. The summed E-state index contributed by atoms with van der Waals surface area (Å²) in [7, 11) is 6.59. The molecular formula is C18H29N3. The van der Waals surface area contributed by atoms with E-state index in [9.17, 15) is 0 Å². The van der Waals surface area contributed by atoms with Crippen molar-refractivity contribution in [2.75, 3.05) is 45.7 Å². The van der Waals surface area contributed by atoms with Crippen LogP contribution in [-0.2, 0) is 6.42 Å². The molecular weight excluding hydrogens is 258 g/mol. The predicted octanol–water partition coefficient (Wildman–Crippen LogP) is 2.67. The Morgan fingerprint density at radius 3 is 2.86 bits per heavy atom. The minimum absolute atomic E-state index is 0.566. The number of hydrogen-bond acceptors (Lipinski definition) is 3. The van der Waals surface area contributed by atoms with Gasteiger partial charge in [-0.3, -0.25) is 4.90 Å². The smallest absolute Gasteiger partial charge is 0.0397 e. The van der Waals surface area contributed by atoms with Crippen LogP contribution in [0.5, 0.6) is 0 Å². The van der Waals surface area contributed by atoms with Crippen molar-refractivity contribution in [3.63, 3.8) is 0 Å². The largest absolute Gasteiger partial charge is 0.374 e. The Bertz CT molecular complexity index is 485. The fourth-order valence-electron chi connectivity index (χ4n) is 4.20. The van der Waals surface area contributed by atoms with E-state index in [1.807, 2.05) is 0 Å². The Balaban J connectivity index is 1.91. The number of likely N-dealkylation sites (tertiary alicyclic amines) is 1. The molecule has 2 aliphatic rings. The number of fused-ring (bicyclic) bond motifs is 1. The van der Waals surface area contributed by atoms with E-state index in [0.717, 1.165) is 12.5 Å². The number of likely N-dealkylation sites (N-methyl/N-ethyl adjacent to an activating group) is 1. The van der Waals surface area contributed by atoms with Crippen LogP contribution in [0.15, 0.2) is 18.2 Å². The molecule has 3 rings (SSSR count). The van der Waals surface area contributed by atoms with Crippen LogP contribution in [0.25, 0.3) is 0 Å². The summed E-state index contributed by atoms with van der Waals surface area (Å²) in [6, 6.07) is 7.76. The molecule has 0 bridgehead atoms. The van der Waals surface area contributed by atoms with Gasteiger partial charge in [-0.15, -0.1) is 0 Å². The highest BCUT2D eigenvalue weighted by Crippen LogP contribution is 2.37. The molecule has 3 heteroatoms. The van der Waals surface area contributed by atoms with E-state index in [-0.39, 0.29) is 0 Å². The van der Waals surface area contributed by atoms with Crippen LogP contribution in [0.4, 0.5) is 5.69 Å². The molecule has 1 saturated heterocycles. The van der Waals surface area contributed by atoms with Crippen molar-refractivity contribution in [2.24, 2.45) is 5.92 Å². The van der Waals surface area contributed by atoms with Crippen molar-refractivity contribution in [3.05, 3.63) is 29.3 Å². The molecule has 2 aliphatic heterocycles. The van der Waals surface area contributed by atoms with E-state index in [4.69, 9.17) is 0 Å². The summed E-state index contributed by atoms with van der Waals surface area (Å²) in [5.74, 6) is 0.722. The minimum atomic E-state index is 0.566. The Hall–Kier alpha value is -1.06. The highest BCUT2D eigenvalue weighted by atomic mass is 15.1. The molecule has 0 radical (unpaired) electrons. The highest BCUT2D eigenvalue weighted by Gasteiger charge is 2.29. The van der Waals surface area contributed by atoms with Crippen molar-refractivity contribution in [1.29, 1.82) is 0 Å². The first-order valence-electron chi connectivity index (χ1n) is 8.39. The molecule has 1 fully saturated rings. The number of rotatable bonds is 3. The maximum Gasteiger partial charge on any atom is 0.0397 e. The topological polar surface area (TPSA) is 18.5 Å². The standard InChI is InChI=1S/C18H29N3/c1-19-13-16-6-4-5-10-21(3)18(16)15-7-8-17-14(12-15)9-11-20(17)2/h7-8,12,16,18-19H,4-6,9-11,13H2,1-3H3. The van der Waals surface area contributed by atoms with E-state index in [1.54, 1.807) is 0 Å². The zero-order valence-electron chi connectivity index (χ0n) is 13.7. The third kappa shape index (κ3) is 2.95. The molecule has 0 aromatic heterocycles. The van der Waals surface area contributed by atoms with Gasteiger partial charge in [0.2, 0.25) is 0 Å². The second-order valence-electron chi connectivity index (χ2n) is 6.80. The molecule has 2 heterocycles. The van der Waals surface area contributed by atoms with Gasteiger partial charge in [0.25, 0.3) is 0 Å². The quantitative estimate of drug-likeness (QED) is 0.922. The Morgan fingerprint density at radius 1 is 1.19 bits per heavy atom. The SMILES string of the molecule is CNCC1CCCCN(C)C1c1ccc2c(c1)CCN2C. The van der Waals surface area contributed by atoms with Crippen LogP contribution in [0.3, 0.4) is 0 Å². The van der Waals surface area contributed by atoms with Crippen LogP contribution < -0.4 is 10.2 Å². The van der Waals surface area contributed by atoms with E-state index >= 15 is 0 Å². The molecule has 21 heavy (non-hydrogen) atoms. The second-order valence-corrected chi connectivity index (χ2v) is 6.80. The Morgan fingerprint density at radius 2 is 2.05 bits per heavy atom. The highest BCUT2D eigenvalue weighted by molar-refractivity contribution is 5.58. The summed E-state index contributed by atoms with van der Waals surface area (Å²) in [6.07, 6.45) is 5.24. The summed E-state index contributed by atoms with van der Waals surface area (Å²) in [6.45, 7) is 3.51. The van der Waals surface area contributed by atoms with Gasteiger partial charge >= 0.3 is 0 Å². The lowest BCUT2D eigenvalue weighted by molar-refractivity contribution is 0.191. The molecule has 0 aliphatic carbocycles. The Labute approximate surface area is 129 Å². The van der Waals surface area contributed by atoms with Crippen molar-refractivity contribution in [1.82, 2.24) is 10.2 Å². The molecule has 2 unspecified atom stereocenters. The lowest BCUT2D eigenvalue weighted by Crippen LogP contribution is -2.34. The monoisotopic (exact) mass is 287 g/mol. The van der Waals surface area contributed by atoms with Gasteiger partial charge in [-0.2, -0.15) is 0 Å². The number of nitrogens with one attached hydrogen (secondary N) is 1. The van der Waals surface area contributed by atoms with Gasteiger partial charge < -0.3 is 10.2 Å². The molecule has 2 atom stereocenters. The molecule has 0 saturated carbocycles. The Kier molecular flexibility index (Phi) is 4.51. The molecule has 116 valence electrons. The average molecular weight is 287 g/mol. The van der Waals surface area contributed by atoms with Crippen molar-refractivity contribution in [2.45, 2.75) is 31.7 Å². The maximum absolute atomic E-state index is 3.41. The minimum Gasteiger partial charge on any atom is -0.374 e. The molecule has 0 spiro atoms. The van der Waals surface area contributed by atoms with Crippen molar-refractivity contribution in [3.8, 4) is 0 Å². The maximum atomic E-state index is 3.41. The number of hydrogen-bond donors (Lipinski definition) is 1. The van der Waals surface area contributed by atoms with Gasteiger partial charge in [0.05, 0.1) is 0 Å². The summed E-state index contributed by atoms with van der Waals surface area (Å²) in [4.78, 5) is 4.95. The lowest BCUT2D eigenvalue weighted by atomic mass is 9.88. The van der Waals surface area contributed by atoms with Gasteiger partial charge in [0.15, 0.2) is 0 Å². The summed E-state index contributed by atoms with van der Waals surface area (Å²) < 4.78 is 0. The first-order valence-corrected chi connectivity index (χ1v) is 8.39. The van der Waals surface area contributed by atoms with Crippen LogP contribution >= 0.6 is 0 Å². The van der Waals surface area contributed by atoms with E-state index in [0.29, 0.717) is 6.04 Å². The molecule has 1 aromatic rings. The second kappa shape index (κ2) is 6.37. The van der Waals surface area contributed by atoms with Crippen molar-refractivity contribution < 1.29 is 0 Å². The van der Waals surface area contributed by atoms with Crippen LogP contribution in [0.1, 0.15) is 36.4 Å². The zero-order valence-corrected chi connectivity index (χ0v) is 13.7. The van der Waals surface area contributed by atoms with Gasteiger partial charge in [-0.05, 0) is 69.6 Å². The molecule has 1 N–H and O–H groups in total. The van der Waals surface area contributed by atoms with Crippen molar-refractivity contribution >= 4 is 5.69 Å². The third-order valence-electron chi connectivity index (χ3n) is 5.30. The average Bonchev–Trinajstić information content (AvgIpc) is 2.74. The number of anilines is 1. The molecule has 3 nitrogen and oxygen atoms in total. The first kappa shape index (κ1) is 14.9. The van der Waals surface area contributed by atoms with E-state index in [1.165, 1.54) is 55.6 Å². The van der Waals surface area contributed by atoms with Gasteiger partial charge in [0, 0.05) is 25.3 Å². The molecule has 1 aromatic carbocycles.